The van der Waals surface area contributed by atoms with Gasteiger partial charge in [-0.2, -0.15) is 0 Å². The fourth-order valence-corrected chi connectivity index (χ4v) is 9.09. The Morgan fingerprint density at radius 2 is 0.810 bits per heavy atom. The molecular weight excluding hydrogens is 767 g/mol. The summed E-state index contributed by atoms with van der Waals surface area (Å²) in [4.78, 5) is 4.71. The first-order chi connectivity index (χ1) is 31.2. The summed E-state index contributed by atoms with van der Waals surface area (Å²) < 4.78 is 4.76. The molecule has 0 saturated carbocycles. The summed E-state index contributed by atoms with van der Waals surface area (Å²) in [6.07, 6.45) is 9.02. The zero-order valence-electron chi connectivity index (χ0n) is 36.2. The minimum Gasteiger partial charge on any atom is -0.340 e. The Hall–Kier alpha value is -7.50. The second-order valence-electron chi connectivity index (χ2n) is 16.4. The van der Waals surface area contributed by atoms with E-state index in [-0.39, 0.29) is 0 Å². The maximum Gasteiger partial charge on any atom is 0.0707 e. The minimum absolute atomic E-state index is 0.936. The first-order valence-electron chi connectivity index (χ1n) is 22.5. The smallest absolute Gasteiger partial charge is 0.0707 e. The van der Waals surface area contributed by atoms with Crippen LogP contribution < -0.4 is 15.2 Å². The van der Waals surface area contributed by atoms with E-state index in [1.165, 1.54) is 50.0 Å². The van der Waals surface area contributed by atoms with Crippen LogP contribution in [0.25, 0.3) is 55.8 Å². The Bertz CT molecular complexity index is 3160. The average molecular weight is 820 g/mol. The molecule has 63 heavy (non-hydrogen) atoms. The van der Waals surface area contributed by atoms with Crippen LogP contribution in [0.15, 0.2) is 194 Å². The van der Waals surface area contributed by atoms with Gasteiger partial charge in [-0.15, -0.1) is 0 Å². The van der Waals surface area contributed by atoms with E-state index in [0.29, 0.717) is 0 Å². The molecular formula is C58H53N5. The van der Waals surface area contributed by atoms with E-state index in [1.54, 1.807) is 0 Å². The Balaban J connectivity index is 0.932. The average Bonchev–Trinajstić information content (AvgIpc) is 3.83. The van der Waals surface area contributed by atoms with Gasteiger partial charge >= 0.3 is 0 Å². The minimum atomic E-state index is 0.936. The second kappa shape index (κ2) is 17.8. The highest BCUT2D eigenvalue weighted by molar-refractivity contribution is 6.11. The molecule has 0 unspecified atom stereocenters. The molecule has 0 atom stereocenters. The lowest BCUT2D eigenvalue weighted by Crippen LogP contribution is -2.15. The predicted octanol–water partition coefficient (Wildman–Crippen LogP) is 16.2. The van der Waals surface area contributed by atoms with E-state index < -0.39 is 0 Å². The molecule has 310 valence electrons. The molecule has 0 aliphatic heterocycles. The van der Waals surface area contributed by atoms with Crippen LogP contribution in [-0.2, 0) is 6.54 Å². The Labute approximate surface area is 370 Å². The van der Waals surface area contributed by atoms with E-state index in [0.717, 1.165) is 77.6 Å². The molecule has 10 rings (SSSR count). The van der Waals surface area contributed by atoms with Gasteiger partial charge in [0.1, 0.15) is 0 Å². The number of hydrogen-bond donors (Lipinski definition) is 1. The van der Waals surface area contributed by atoms with Gasteiger partial charge in [0.05, 0.1) is 11.0 Å². The van der Waals surface area contributed by atoms with E-state index in [4.69, 9.17) is 0 Å². The number of aromatic nitrogens is 2. The molecule has 8 aromatic carbocycles. The van der Waals surface area contributed by atoms with Crippen LogP contribution in [0.1, 0.15) is 50.7 Å². The summed E-state index contributed by atoms with van der Waals surface area (Å²) in [7, 11) is 0. The maximum absolute atomic E-state index is 3.68. The topological polar surface area (TPSA) is 28.4 Å². The molecule has 5 heteroatoms. The van der Waals surface area contributed by atoms with Crippen LogP contribution in [-0.4, -0.2) is 15.8 Å². The zero-order valence-corrected chi connectivity index (χ0v) is 36.2. The van der Waals surface area contributed by atoms with Crippen LogP contribution in [0.5, 0.6) is 0 Å². The van der Waals surface area contributed by atoms with Gasteiger partial charge in [0.25, 0.3) is 0 Å². The summed E-state index contributed by atoms with van der Waals surface area (Å²) >= 11 is 0. The van der Waals surface area contributed by atoms with Crippen molar-refractivity contribution in [3.05, 3.63) is 205 Å². The number of nitrogens with one attached hydrogen (secondary N) is 1. The SMILES string of the molecule is CCCCNn1c2ccccc2c2cc(N(c3ccccc3)c3ccc(/C=C/c4ccc(N(c5ccccc5)c5ccc6c(c5)c5ccccc5n6CCCC)cc4)cc3)ccc21. The molecule has 0 spiro atoms. The summed E-state index contributed by atoms with van der Waals surface area (Å²) in [5.74, 6) is 0. The molecule has 2 heterocycles. The van der Waals surface area contributed by atoms with Gasteiger partial charge < -0.3 is 19.8 Å². The third-order valence-corrected chi connectivity index (χ3v) is 12.3. The number of aryl methyl sites for hydroxylation is 1. The molecule has 1 N–H and O–H groups in total. The highest BCUT2D eigenvalue weighted by atomic mass is 15.4. The number of rotatable bonds is 15. The number of para-hydroxylation sites is 4. The Morgan fingerprint density at radius 3 is 1.37 bits per heavy atom. The number of benzene rings is 8. The Morgan fingerprint density at radius 1 is 0.397 bits per heavy atom. The van der Waals surface area contributed by atoms with Crippen molar-refractivity contribution in [2.45, 2.75) is 46.1 Å². The molecule has 0 amide bonds. The zero-order chi connectivity index (χ0) is 42.5. The summed E-state index contributed by atoms with van der Waals surface area (Å²) in [6, 6.07) is 70.5. The van der Waals surface area contributed by atoms with Gasteiger partial charge in [0, 0.05) is 79.8 Å². The van der Waals surface area contributed by atoms with Crippen molar-refractivity contribution < 1.29 is 0 Å². The molecule has 0 aliphatic rings. The predicted molar refractivity (Wildman–Crippen MR) is 271 cm³/mol. The fourth-order valence-electron chi connectivity index (χ4n) is 9.09. The van der Waals surface area contributed by atoms with Crippen molar-refractivity contribution in [3.8, 4) is 0 Å². The quantitative estimate of drug-likeness (QED) is 0.0825. The third kappa shape index (κ3) is 7.83. The van der Waals surface area contributed by atoms with Gasteiger partial charge in [-0.25, -0.2) is 0 Å². The number of fused-ring (bicyclic) bond motifs is 6. The first-order valence-corrected chi connectivity index (χ1v) is 22.5. The van der Waals surface area contributed by atoms with Crippen molar-refractivity contribution in [2.24, 2.45) is 0 Å². The van der Waals surface area contributed by atoms with E-state index in [2.05, 4.69) is 245 Å². The number of unbranched alkanes of at least 4 members (excludes halogenated alkanes) is 2. The number of nitrogens with zero attached hydrogens (tertiary/aromatic N) is 4. The largest absolute Gasteiger partial charge is 0.340 e. The fraction of sp³-hybridized carbons (Fsp3) is 0.138. The van der Waals surface area contributed by atoms with Crippen LogP contribution in [0.4, 0.5) is 34.1 Å². The van der Waals surface area contributed by atoms with E-state index in [1.807, 2.05) is 0 Å². The lowest BCUT2D eigenvalue weighted by atomic mass is 10.1. The second-order valence-corrected chi connectivity index (χ2v) is 16.4. The van der Waals surface area contributed by atoms with Crippen LogP contribution in [0.3, 0.4) is 0 Å². The molecule has 0 bridgehead atoms. The van der Waals surface area contributed by atoms with Crippen LogP contribution >= 0.6 is 0 Å². The maximum atomic E-state index is 3.68. The summed E-state index contributed by atoms with van der Waals surface area (Å²) in [5.41, 5.74) is 17.7. The highest BCUT2D eigenvalue weighted by Crippen LogP contribution is 2.41. The van der Waals surface area contributed by atoms with Crippen molar-refractivity contribution in [2.75, 3.05) is 21.8 Å². The standard InChI is InChI=1S/C58H53N5/c1-3-5-39-59-63-57-24-16-14-22-52(57)54-42-50(36-38-58(54)63)62(46-19-11-8-12-20-46)48-33-29-44(30-34-48)26-25-43-27-31-47(32-28-43)61(45-17-9-7-10-18-45)49-35-37-56-53(41-49)51-21-13-15-23-55(51)60(56)40-6-4-2/h7-38,41-42,59H,3-6,39-40H2,1-2H3/b26-25+. The molecule has 0 fully saturated rings. The molecule has 5 nitrogen and oxygen atoms in total. The summed E-state index contributed by atoms with van der Waals surface area (Å²) in [6.45, 7) is 6.45. The monoisotopic (exact) mass is 819 g/mol. The highest BCUT2D eigenvalue weighted by Gasteiger charge is 2.18. The number of anilines is 6. The van der Waals surface area contributed by atoms with E-state index in [9.17, 15) is 0 Å². The van der Waals surface area contributed by atoms with Crippen molar-refractivity contribution in [3.63, 3.8) is 0 Å². The van der Waals surface area contributed by atoms with Crippen molar-refractivity contribution >= 4 is 89.9 Å². The van der Waals surface area contributed by atoms with E-state index >= 15 is 0 Å². The van der Waals surface area contributed by atoms with Crippen LogP contribution in [0, 0.1) is 0 Å². The van der Waals surface area contributed by atoms with Crippen molar-refractivity contribution in [1.82, 2.24) is 9.24 Å². The van der Waals surface area contributed by atoms with Crippen LogP contribution in [0.2, 0.25) is 0 Å². The third-order valence-electron chi connectivity index (χ3n) is 12.3. The van der Waals surface area contributed by atoms with Gasteiger partial charge in [-0.1, -0.05) is 136 Å². The molecule has 0 radical (unpaired) electrons. The lowest BCUT2D eigenvalue weighted by molar-refractivity contribution is 0.665. The Kier molecular flexibility index (Phi) is 11.2. The van der Waals surface area contributed by atoms with Crippen molar-refractivity contribution in [1.29, 1.82) is 0 Å². The van der Waals surface area contributed by atoms with Gasteiger partial charge in [0.2, 0.25) is 0 Å². The lowest BCUT2D eigenvalue weighted by Gasteiger charge is -2.26. The van der Waals surface area contributed by atoms with Gasteiger partial charge in [-0.3, -0.25) is 4.68 Å². The molecule has 2 aromatic heterocycles. The summed E-state index contributed by atoms with van der Waals surface area (Å²) in [5, 5.41) is 5.07. The molecule has 0 aliphatic carbocycles. The molecule has 10 aromatic rings. The first kappa shape index (κ1) is 39.6. The molecule has 0 saturated heterocycles. The number of hydrogen-bond acceptors (Lipinski definition) is 3. The van der Waals surface area contributed by atoms with Gasteiger partial charge in [-0.05, 0) is 121 Å². The van der Waals surface area contributed by atoms with Gasteiger partial charge in [0.15, 0.2) is 0 Å². The normalized spacial score (nSPS) is 11.7.